The van der Waals surface area contributed by atoms with Crippen molar-refractivity contribution in [3.05, 3.63) is 30.1 Å². The van der Waals surface area contributed by atoms with Gasteiger partial charge < -0.3 is 34.8 Å². The second kappa shape index (κ2) is 19.1. The number of carboxylic acids is 3. The third-order valence-electron chi connectivity index (χ3n) is 6.74. The largest absolute Gasteiger partial charge is 0.490 e. The van der Waals surface area contributed by atoms with Gasteiger partial charge in [-0.1, -0.05) is 0 Å². The Hall–Kier alpha value is -4.21. The first-order valence-electron chi connectivity index (χ1n) is 13.9. The lowest BCUT2D eigenvalue weighted by Gasteiger charge is -2.31. The molecule has 3 heterocycles. The second-order valence-electron chi connectivity index (χ2n) is 10.6. The maximum Gasteiger partial charge on any atom is 0.490 e. The van der Waals surface area contributed by atoms with Gasteiger partial charge in [0.15, 0.2) is 0 Å². The van der Waals surface area contributed by atoms with Crippen molar-refractivity contribution in [3.63, 3.8) is 0 Å². The fraction of sp³-hybridized carbons (Fsp3) is 0.630. The molecule has 0 aliphatic carbocycles. The highest BCUT2D eigenvalue weighted by Gasteiger charge is 2.54. The van der Waals surface area contributed by atoms with Crippen LogP contribution in [0.15, 0.2) is 24.5 Å². The highest BCUT2D eigenvalue weighted by Crippen LogP contribution is 2.44. The third kappa shape index (κ3) is 15.7. The van der Waals surface area contributed by atoms with Gasteiger partial charge in [-0.3, -0.25) is 14.6 Å². The van der Waals surface area contributed by atoms with E-state index < -0.39 is 41.9 Å². The van der Waals surface area contributed by atoms with E-state index in [-0.39, 0.29) is 17.8 Å². The minimum absolute atomic E-state index is 0.0220. The van der Waals surface area contributed by atoms with Gasteiger partial charge in [0.1, 0.15) is 0 Å². The molecular weight excluding hydrogens is 695 g/mol. The van der Waals surface area contributed by atoms with Crippen molar-refractivity contribution in [3.8, 4) is 0 Å². The topological polar surface area (TPSA) is 178 Å². The molecule has 0 aromatic carbocycles. The number of pyridine rings is 1. The first-order valence-corrected chi connectivity index (χ1v) is 13.9. The number of likely N-dealkylation sites (tertiary alicyclic amines) is 2. The molecular formula is C27H35F9N4O9. The number of rotatable bonds is 6. The van der Waals surface area contributed by atoms with Crippen LogP contribution in [0.2, 0.25) is 0 Å². The summed E-state index contributed by atoms with van der Waals surface area (Å²) >= 11 is 0. The van der Waals surface area contributed by atoms with E-state index in [9.17, 15) is 49.1 Å². The summed E-state index contributed by atoms with van der Waals surface area (Å²) < 4.78 is 101. The molecule has 3 rings (SSSR count). The lowest BCUT2D eigenvalue weighted by atomic mass is 9.75. The van der Waals surface area contributed by atoms with Crippen molar-refractivity contribution in [2.75, 3.05) is 60.0 Å². The quantitative estimate of drug-likeness (QED) is 0.288. The second-order valence-corrected chi connectivity index (χ2v) is 10.6. The van der Waals surface area contributed by atoms with Crippen molar-refractivity contribution < 1.29 is 83.5 Å². The molecule has 2 aliphatic rings. The van der Waals surface area contributed by atoms with E-state index in [1.807, 2.05) is 11.8 Å². The predicted molar refractivity (Wildman–Crippen MR) is 148 cm³/mol. The van der Waals surface area contributed by atoms with Crippen LogP contribution in [0.3, 0.4) is 0 Å². The number of carbonyl (C=O) groups excluding carboxylic acids is 2. The number of fused-ring (bicyclic) bond motifs is 1. The van der Waals surface area contributed by atoms with Crippen LogP contribution in [0.1, 0.15) is 30.1 Å². The summed E-state index contributed by atoms with van der Waals surface area (Å²) in [6.45, 7) is 6.94. The van der Waals surface area contributed by atoms with Gasteiger partial charge in [-0.15, -0.1) is 0 Å². The van der Waals surface area contributed by atoms with Gasteiger partial charge in [-0.25, -0.2) is 14.4 Å². The van der Waals surface area contributed by atoms with Crippen LogP contribution < -0.4 is 0 Å². The number of carbonyl (C=O) groups is 5. The van der Waals surface area contributed by atoms with Gasteiger partial charge in [-0.2, -0.15) is 39.5 Å². The number of aliphatic carboxylic acids is 3. The minimum Gasteiger partial charge on any atom is -0.475 e. The molecule has 22 heteroatoms. The van der Waals surface area contributed by atoms with Crippen molar-refractivity contribution >= 4 is 29.8 Å². The smallest absolute Gasteiger partial charge is 0.475 e. The lowest BCUT2D eigenvalue weighted by Crippen LogP contribution is -2.43. The maximum atomic E-state index is 13.0. The standard InChI is InChI=1S/C21H32N4O3.3C2HF3O2/c1-4-28-20(27)21-8-5-11-25(19(26)17-6-9-22-10-7-17)15-18(21)14-24(16-21)13-12-23(2)3;3*3-2(4,5)1(6)7/h6-7,9-10,18H,4-5,8,11-16H2,1-3H3;3*(H,6,7)/t18-,21+;;;/m1.../s1. The fourth-order valence-electron chi connectivity index (χ4n) is 4.52. The molecule has 0 bridgehead atoms. The zero-order chi connectivity index (χ0) is 38.4. The Bertz CT molecular complexity index is 1190. The van der Waals surface area contributed by atoms with Gasteiger partial charge in [0, 0.05) is 63.1 Å². The van der Waals surface area contributed by atoms with E-state index in [0.717, 1.165) is 39.0 Å². The normalized spacial score (nSPS) is 19.4. The SMILES string of the molecule is CCOC(=O)[C@]12CCCN(C(=O)c3ccncc3)C[C@H]1CN(CCN(C)C)C2.O=C(O)C(F)(F)F.O=C(O)C(F)(F)F.O=C(O)C(F)(F)F. The van der Waals surface area contributed by atoms with E-state index in [4.69, 9.17) is 34.4 Å². The molecule has 1 amide bonds. The molecule has 49 heavy (non-hydrogen) atoms. The molecule has 2 fully saturated rings. The molecule has 1 aromatic rings. The molecule has 3 N–H and O–H groups in total. The third-order valence-corrected chi connectivity index (χ3v) is 6.74. The van der Waals surface area contributed by atoms with Gasteiger partial charge in [0.25, 0.3) is 5.91 Å². The molecule has 2 aliphatic heterocycles. The summed E-state index contributed by atoms with van der Waals surface area (Å²) in [6, 6.07) is 3.51. The molecule has 0 unspecified atom stereocenters. The highest BCUT2D eigenvalue weighted by atomic mass is 19.4. The number of hydrogen-bond acceptors (Lipinski definition) is 9. The van der Waals surface area contributed by atoms with Crippen molar-refractivity contribution in [2.24, 2.45) is 11.3 Å². The van der Waals surface area contributed by atoms with E-state index in [1.54, 1.807) is 24.5 Å². The van der Waals surface area contributed by atoms with Crippen LogP contribution in [0.5, 0.6) is 0 Å². The monoisotopic (exact) mass is 730 g/mol. The Morgan fingerprint density at radius 1 is 0.878 bits per heavy atom. The lowest BCUT2D eigenvalue weighted by molar-refractivity contribution is -0.193. The van der Waals surface area contributed by atoms with Crippen molar-refractivity contribution in [1.29, 1.82) is 0 Å². The number of aromatic nitrogens is 1. The van der Waals surface area contributed by atoms with Gasteiger partial charge >= 0.3 is 42.4 Å². The van der Waals surface area contributed by atoms with Crippen molar-refractivity contribution in [2.45, 2.75) is 38.3 Å². The van der Waals surface area contributed by atoms with E-state index in [2.05, 4.69) is 28.9 Å². The van der Waals surface area contributed by atoms with Crippen LogP contribution in [0, 0.1) is 11.3 Å². The summed E-state index contributed by atoms with van der Waals surface area (Å²) in [5, 5.41) is 21.4. The number of carboxylic acid groups (broad SMARTS) is 3. The first-order chi connectivity index (χ1) is 22.3. The van der Waals surface area contributed by atoms with Gasteiger partial charge in [0.05, 0.1) is 12.0 Å². The summed E-state index contributed by atoms with van der Waals surface area (Å²) in [4.78, 5) is 63.1. The van der Waals surface area contributed by atoms with E-state index in [0.29, 0.717) is 25.3 Å². The summed E-state index contributed by atoms with van der Waals surface area (Å²) in [7, 11) is 4.12. The maximum absolute atomic E-state index is 13.0. The Kier molecular flexibility index (Phi) is 17.5. The van der Waals surface area contributed by atoms with Crippen LogP contribution in [-0.2, 0) is 23.9 Å². The number of amides is 1. The van der Waals surface area contributed by atoms with Gasteiger partial charge in [-0.05, 0) is 46.0 Å². The predicted octanol–water partition coefficient (Wildman–Crippen LogP) is 3.26. The molecule has 0 radical (unpaired) electrons. The Morgan fingerprint density at radius 3 is 1.71 bits per heavy atom. The summed E-state index contributed by atoms with van der Waals surface area (Å²) in [5.41, 5.74) is 0.149. The van der Waals surface area contributed by atoms with Crippen LogP contribution in [0.4, 0.5) is 39.5 Å². The number of halogens is 9. The number of alkyl halides is 9. The zero-order valence-electron chi connectivity index (χ0n) is 26.2. The van der Waals surface area contributed by atoms with E-state index >= 15 is 0 Å². The number of ether oxygens (including phenoxy) is 1. The number of nitrogens with zero attached hydrogens (tertiary/aromatic N) is 4. The molecule has 0 spiro atoms. The van der Waals surface area contributed by atoms with E-state index in [1.165, 1.54) is 0 Å². The molecule has 280 valence electrons. The Labute approximate surface area is 273 Å². The number of hydrogen-bond donors (Lipinski definition) is 3. The number of likely N-dealkylation sites (N-methyl/N-ethyl adjacent to an activating group) is 1. The van der Waals surface area contributed by atoms with Crippen LogP contribution >= 0.6 is 0 Å². The number of esters is 1. The fourth-order valence-corrected chi connectivity index (χ4v) is 4.52. The van der Waals surface area contributed by atoms with Crippen LogP contribution in [0.25, 0.3) is 0 Å². The molecule has 2 atom stereocenters. The molecule has 13 nitrogen and oxygen atoms in total. The first kappa shape index (κ1) is 44.8. The van der Waals surface area contributed by atoms with Gasteiger partial charge in [0.2, 0.25) is 0 Å². The zero-order valence-corrected chi connectivity index (χ0v) is 26.2. The van der Waals surface area contributed by atoms with Crippen LogP contribution in [-0.4, -0.2) is 143 Å². The summed E-state index contributed by atoms with van der Waals surface area (Å²) in [6.07, 6.45) is -10.4. The molecule has 1 aromatic heterocycles. The van der Waals surface area contributed by atoms with Crippen molar-refractivity contribution in [1.82, 2.24) is 19.7 Å². The molecule has 0 saturated carbocycles. The minimum atomic E-state index is -5.08. The summed E-state index contributed by atoms with van der Waals surface area (Å²) in [5.74, 6) is -8.24. The Balaban J connectivity index is 0.000000891. The Morgan fingerprint density at radius 2 is 1.33 bits per heavy atom. The highest BCUT2D eigenvalue weighted by molar-refractivity contribution is 5.94. The average molecular weight is 731 g/mol. The average Bonchev–Trinajstić information content (AvgIpc) is 3.23. The molecule has 2 saturated heterocycles.